The molecule has 0 radical (unpaired) electrons. The van der Waals surface area contributed by atoms with E-state index in [9.17, 15) is 0 Å². The molecule has 5 nitrogen and oxygen atoms in total. The number of hydrogen-bond donors (Lipinski definition) is 0. The largest absolute Gasteiger partial charge is 0.493 e. The fraction of sp³-hybridized carbons (Fsp3) is 0.391. The van der Waals surface area contributed by atoms with Gasteiger partial charge in [0.15, 0.2) is 0 Å². The molecule has 0 amide bonds. The molecule has 2 rings (SSSR count). The molecule has 5 heteroatoms. The van der Waals surface area contributed by atoms with Crippen LogP contribution in [0.25, 0.3) is 0 Å². The lowest BCUT2D eigenvalue weighted by atomic mass is 10.1. The monoisotopic (exact) mass is 382 g/mol. The van der Waals surface area contributed by atoms with E-state index in [4.69, 9.17) is 14.3 Å². The van der Waals surface area contributed by atoms with Gasteiger partial charge in [0.2, 0.25) is 0 Å². The van der Waals surface area contributed by atoms with Gasteiger partial charge in [-0.05, 0) is 75.9 Å². The predicted octanol–water partition coefficient (Wildman–Crippen LogP) is 5.04. The Morgan fingerprint density at radius 1 is 1.14 bits per heavy atom. The van der Waals surface area contributed by atoms with Gasteiger partial charge in [-0.2, -0.15) is 0 Å². The zero-order valence-electron chi connectivity index (χ0n) is 17.5. The smallest absolute Gasteiger partial charge is 0.125 e. The molecular formula is C23H30N2O3. The number of pyridine rings is 1. The summed E-state index contributed by atoms with van der Waals surface area (Å²) in [6.07, 6.45) is 7.56. The Hall–Kier alpha value is -2.82. The van der Waals surface area contributed by atoms with E-state index in [1.807, 2.05) is 56.5 Å². The van der Waals surface area contributed by atoms with Gasteiger partial charge in [-0.25, -0.2) is 0 Å². The van der Waals surface area contributed by atoms with Crippen molar-refractivity contribution in [1.29, 1.82) is 0 Å². The summed E-state index contributed by atoms with van der Waals surface area (Å²) in [6, 6.07) is 8.09. The van der Waals surface area contributed by atoms with Crippen LogP contribution in [-0.4, -0.2) is 31.0 Å². The van der Waals surface area contributed by atoms with Crippen molar-refractivity contribution < 1.29 is 14.3 Å². The van der Waals surface area contributed by atoms with Gasteiger partial charge < -0.3 is 14.3 Å². The highest BCUT2D eigenvalue weighted by Crippen LogP contribution is 2.28. The number of allylic oxidation sites excluding steroid dienone is 1. The normalized spacial score (nSPS) is 11.7. The van der Waals surface area contributed by atoms with Crippen molar-refractivity contribution in [2.75, 3.05) is 20.3 Å². The van der Waals surface area contributed by atoms with E-state index in [0.717, 1.165) is 52.4 Å². The van der Waals surface area contributed by atoms with Crippen LogP contribution in [0.3, 0.4) is 0 Å². The molecule has 0 atom stereocenters. The summed E-state index contributed by atoms with van der Waals surface area (Å²) >= 11 is 0. The minimum Gasteiger partial charge on any atom is -0.493 e. The highest BCUT2D eigenvalue weighted by molar-refractivity contribution is 5.97. The molecule has 0 aliphatic rings. The van der Waals surface area contributed by atoms with Gasteiger partial charge in [0.25, 0.3) is 0 Å². The number of ether oxygens (including phenoxy) is 2. The minimum atomic E-state index is 0.582. The lowest BCUT2D eigenvalue weighted by molar-refractivity contribution is 0.213. The summed E-state index contributed by atoms with van der Waals surface area (Å²) in [6.45, 7) is 9.21. The van der Waals surface area contributed by atoms with E-state index in [2.05, 4.69) is 24.0 Å². The predicted molar refractivity (Wildman–Crippen MR) is 113 cm³/mol. The maximum atomic E-state index is 6.03. The van der Waals surface area contributed by atoms with Crippen molar-refractivity contribution in [2.24, 2.45) is 5.16 Å². The molecule has 0 aliphatic carbocycles. The van der Waals surface area contributed by atoms with Crippen molar-refractivity contribution in [1.82, 2.24) is 4.98 Å². The Kier molecular flexibility index (Phi) is 8.53. The number of nitrogens with zero attached hydrogens (tertiary/aromatic N) is 2. The van der Waals surface area contributed by atoms with Gasteiger partial charge in [-0.3, -0.25) is 4.98 Å². The van der Waals surface area contributed by atoms with Crippen LogP contribution in [0.4, 0.5) is 0 Å². The minimum absolute atomic E-state index is 0.582. The van der Waals surface area contributed by atoms with Gasteiger partial charge in [-0.1, -0.05) is 17.3 Å². The highest BCUT2D eigenvalue weighted by atomic mass is 16.6. The van der Waals surface area contributed by atoms with Crippen molar-refractivity contribution in [3.8, 4) is 11.5 Å². The Morgan fingerprint density at radius 3 is 2.50 bits per heavy atom. The van der Waals surface area contributed by atoms with E-state index >= 15 is 0 Å². The second-order valence-corrected chi connectivity index (χ2v) is 6.62. The third kappa shape index (κ3) is 6.41. The van der Waals surface area contributed by atoms with E-state index in [1.54, 1.807) is 7.11 Å². The van der Waals surface area contributed by atoms with Crippen LogP contribution >= 0.6 is 0 Å². The summed E-state index contributed by atoms with van der Waals surface area (Å²) in [5, 5.41) is 3.92. The Balaban J connectivity index is 1.85. The lowest BCUT2D eigenvalue weighted by Crippen LogP contribution is -2.04. The number of oxime groups is 1. The summed E-state index contributed by atoms with van der Waals surface area (Å²) in [7, 11) is 1.54. The van der Waals surface area contributed by atoms with Crippen molar-refractivity contribution in [3.05, 3.63) is 65.0 Å². The molecule has 28 heavy (non-hydrogen) atoms. The van der Waals surface area contributed by atoms with E-state index in [1.165, 1.54) is 0 Å². The van der Waals surface area contributed by atoms with Crippen LogP contribution in [-0.2, 0) is 11.3 Å². The summed E-state index contributed by atoms with van der Waals surface area (Å²) < 4.78 is 11.8. The van der Waals surface area contributed by atoms with Crippen LogP contribution in [0, 0.1) is 13.8 Å². The molecule has 0 bridgehead atoms. The molecule has 0 N–H and O–H groups in total. The van der Waals surface area contributed by atoms with Crippen molar-refractivity contribution in [3.63, 3.8) is 0 Å². The Morgan fingerprint density at radius 2 is 1.89 bits per heavy atom. The van der Waals surface area contributed by atoms with Gasteiger partial charge in [0.05, 0.1) is 12.3 Å². The zero-order chi connectivity index (χ0) is 20.4. The third-order valence-electron chi connectivity index (χ3n) is 4.31. The van der Waals surface area contributed by atoms with Crippen LogP contribution in [0.2, 0.25) is 0 Å². The van der Waals surface area contributed by atoms with Crippen molar-refractivity contribution >= 4 is 5.71 Å². The second-order valence-electron chi connectivity index (χ2n) is 6.62. The quantitative estimate of drug-likeness (QED) is 0.250. The fourth-order valence-corrected chi connectivity index (χ4v) is 2.87. The van der Waals surface area contributed by atoms with Crippen LogP contribution in [0.15, 0.2) is 47.8 Å². The molecule has 1 aromatic heterocycles. The van der Waals surface area contributed by atoms with Gasteiger partial charge in [0, 0.05) is 17.5 Å². The first-order chi connectivity index (χ1) is 13.5. The lowest BCUT2D eigenvalue weighted by Gasteiger charge is -2.14. The molecule has 1 heterocycles. The average molecular weight is 383 g/mol. The molecule has 2 aromatic rings. The fourth-order valence-electron chi connectivity index (χ4n) is 2.87. The van der Waals surface area contributed by atoms with E-state index in [-0.39, 0.29) is 0 Å². The maximum Gasteiger partial charge on any atom is 0.125 e. The first-order valence-corrected chi connectivity index (χ1v) is 9.56. The summed E-state index contributed by atoms with van der Waals surface area (Å²) in [4.78, 5) is 9.29. The van der Waals surface area contributed by atoms with Gasteiger partial charge in [0.1, 0.15) is 25.2 Å². The second kappa shape index (κ2) is 11.1. The van der Waals surface area contributed by atoms with Gasteiger partial charge in [-0.15, -0.1) is 0 Å². The molecule has 0 saturated carbocycles. The number of aryl methyl sites for hydroxylation is 3. The van der Waals surface area contributed by atoms with Crippen molar-refractivity contribution in [2.45, 2.75) is 40.5 Å². The molecule has 150 valence electrons. The molecular weight excluding hydrogens is 352 g/mol. The molecule has 0 spiro atoms. The first-order valence-electron chi connectivity index (χ1n) is 9.56. The highest BCUT2D eigenvalue weighted by Gasteiger charge is 2.08. The maximum absolute atomic E-state index is 6.03. The standard InChI is InChI=1S/C23H30N2O3/c1-6-7-12-27-22-14-17(2)23(18(3)15-22)28-13-8-9-21-11-10-20(16-24-21)19(4)25-26-5/h6-7,10-11,14-16H,8-9,12-13H2,1-5H3/b7-6+,25-19+. The van der Waals surface area contributed by atoms with Gasteiger partial charge >= 0.3 is 0 Å². The summed E-state index contributed by atoms with van der Waals surface area (Å²) in [5.41, 5.74) is 4.99. The summed E-state index contributed by atoms with van der Waals surface area (Å²) in [5.74, 6) is 1.81. The number of benzene rings is 1. The topological polar surface area (TPSA) is 52.9 Å². The number of rotatable bonds is 10. The third-order valence-corrected chi connectivity index (χ3v) is 4.31. The first kappa shape index (κ1) is 21.5. The van der Waals surface area contributed by atoms with Crippen LogP contribution in [0.5, 0.6) is 11.5 Å². The molecule has 0 aliphatic heterocycles. The van der Waals surface area contributed by atoms with E-state index < -0.39 is 0 Å². The number of aromatic nitrogens is 1. The zero-order valence-corrected chi connectivity index (χ0v) is 17.5. The molecule has 0 unspecified atom stereocenters. The SMILES string of the molecule is C/C=C/COc1cc(C)c(OCCCc2ccc(/C(C)=N/OC)cn2)c(C)c1. The van der Waals surface area contributed by atoms with E-state index in [0.29, 0.717) is 13.2 Å². The number of hydrogen-bond acceptors (Lipinski definition) is 5. The molecule has 0 fully saturated rings. The van der Waals surface area contributed by atoms with Crippen LogP contribution < -0.4 is 9.47 Å². The molecule has 1 aromatic carbocycles. The molecule has 0 saturated heterocycles. The Labute approximate surface area is 168 Å². The Bertz CT molecular complexity index is 788. The average Bonchev–Trinajstić information content (AvgIpc) is 2.67. The van der Waals surface area contributed by atoms with Crippen LogP contribution in [0.1, 0.15) is 42.7 Å².